The summed E-state index contributed by atoms with van der Waals surface area (Å²) in [7, 11) is 1.59. The maximum absolute atomic E-state index is 13.9. The largest absolute Gasteiger partial charge is 0.496 e. The second kappa shape index (κ2) is 14.1. The predicted molar refractivity (Wildman–Crippen MR) is 158 cm³/mol. The van der Waals surface area contributed by atoms with E-state index in [-0.39, 0.29) is 36.6 Å². The number of carbonyl (C=O) groups excluding carboxylic acids is 2. The first kappa shape index (κ1) is 31.5. The van der Waals surface area contributed by atoms with Gasteiger partial charge in [0, 0.05) is 31.2 Å². The Kier molecular flexibility index (Phi) is 10.6. The number of nitrogens with one attached hydrogen (secondary N) is 1. The van der Waals surface area contributed by atoms with E-state index in [4.69, 9.17) is 18.7 Å². The molecule has 0 unspecified atom stereocenters. The number of amides is 2. The summed E-state index contributed by atoms with van der Waals surface area (Å²) in [5.74, 6) is -0.286. The second-order valence-corrected chi connectivity index (χ2v) is 11.5. The van der Waals surface area contributed by atoms with Gasteiger partial charge in [0.2, 0.25) is 11.8 Å². The molecule has 42 heavy (non-hydrogen) atoms. The van der Waals surface area contributed by atoms with E-state index in [2.05, 4.69) is 15.5 Å². The number of likely N-dealkylation sites (tertiary alicyclic amines) is 1. The number of rotatable bonds is 13. The van der Waals surface area contributed by atoms with Crippen LogP contribution < -0.4 is 14.8 Å². The summed E-state index contributed by atoms with van der Waals surface area (Å²) in [5, 5.41) is 17.5. The quantitative estimate of drug-likeness (QED) is 0.278. The minimum Gasteiger partial charge on any atom is -0.496 e. The van der Waals surface area contributed by atoms with Crippen molar-refractivity contribution >= 4 is 23.2 Å². The number of carbonyl (C=O) groups is 2. The number of aliphatic hydroxyl groups excluding tert-OH is 1. The van der Waals surface area contributed by atoms with Crippen molar-refractivity contribution in [2.75, 3.05) is 33.5 Å². The van der Waals surface area contributed by atoms with Crippen LogP contribution in [-0.2, 0) is 14.3 Å². The molecule has 1 aliphatic heterocycles. The summed E-state index contributed by atoms with van der Waals surface area (Å²) in [5.41, 5.74) is 4.53. The monoisotopic (exact) mass is 600 g/mol. The number of hydrogen-bond acceptors (Lipinski definition) is 10. The summed E-state index contributed by atoms with van der Waals surface area (Å²) < 4.78 is 22.0. The van der Waals surface area contributed by atoms with Crippen molar-refractivity contribution in [2.45, 2.75) is 65.1 Å². The maximum Gasteiger partial charge on any atom is 0.254 e. The van der Waals surface area contributed by atoms with E-state index in [1.54, 1.807) is 30.0 Å². The van der Waals surface area contributed by atoms with Gasteiger partial charge in [0.25, 0.3) is 5.88 Å². The zero-order valence-electron chi connectivity index (χ0n) is 25.0. The molecule has 0 bridgehead atoms. The molecule has 4 rings (SSSR count). The minimum absolute atomic E-state index is 0.0482. The van der Waals surface area contributed by atoms with E-state index in [0.29, 0.717) is 31.3 Å². The normalized spacial score (nSPS) is 18.2. The fourth-order valence-electron chi connectivity index (χ4n) is 5.23. The average Bonchev–Trinajstić information content (AvgIpc) is 3.70. The van der Waals surface area contributed by atoms with Crippen LogP contribution in [0.4, 0.5) is 0 Å². The van der Waals surface area contributed by atoms with Crippen LogP contribution in [0.2, 0.25) is 0 Å². The molecule has 0 aliphatic carbocycles. The highest BCUT2D eigenvalue weighted by Crippen LogP contribution is 2.35. The molecule has 2 N–H and O–H groups in total. The molecule has 2 amide bonds. The van der Waals surface area contributed by atoms with Crippen LogP contribution in [0.1, 0.15) is 63.1 Å². The van der Waals surface area contributed by atoms with E-state index in [0.717, 1.165) is 21.7 Å². The van der Waals surface area contributed by atoms with E-state index in [9.17, 15) is 14.7 Å². The number of methoxy groups -OCH3 is 1. The first-order valence-corrected chi connectivity index (χ1v) is 15.1. The lowest BCUT2D eigenvalue weighted by atomic mass is 9.91. The fourth-order valence-corrected chi connectivity index (χ4v) is 6.04. The van der Waals surface area contributed by atoms with Crippen molar-refractivity contribution < 1.29 is 33.4 Å². The van der Waals surface area contributed by atoms with Crippen LogP contribution in [0.5, 0.6) is 11.6 Å². The van der Waals surface area contributed by atoms with E-state index in [1.807, 2.05) is 52.8 Å². The van der Waals surface area contributed by atoms with Gasteiger partial charge in [-0.2, -0.15) is 0 Å². The molecule has 0 radical (unpaired) electrons. The number of hydrogen-bond donors (Lipinski definition) is 2. The SMILES string of the molecule is CCOCCOc1cc([C@@H](C(=O)N2C[C@H](O)C[C@H]2C(=O)N[C@@H](C)c2ccc(-c3scnc3C)cc2OC)C(C)C)on1. The molecule has 1 saturated heterocycles. The van der Waals surface area contributed by atoms with Crippen molar-refractivity contribution in [3.8, 4) is 22.1 Å². The lowest BCUT2D eigenvalue weighted by Gasteiger charge is -2.29. The zero-order valence-corrected chi connectivity index (χ0v) is 25.8. The van der Waals surface area contributed by atoms with Gasteiger partial charge in [-0.15, -0.1) is 11.3 Å². The molecule has 2 aromatic heterocycles. The van der Waals surface area contributed by atoms with Crippen LogP contribution in [0.25, 0.3) is 10.4 Å². The van der Waals surface area contributed by atoms with Gasteiger partial charge in [-0.25, -0.2) is 4.98 Å². The number of aryl methyl sites for hydroxylation is 1. The van der Waals surface area contributed by atoms with Crippen LogP contribution in [0, 0.1) is 12.8 Å². The lowest BCUT2D eigenvalue weighted by molar-refractivity contribution is -0.141. The molecule has 11 nitrogen and oxygen atoms in total. The third-order valence-electron chi connectivity index (χ3n) is 7.36. The Labute approximate surface area is 250 Å². The molecule has 3 aromatic rings. The van der Waals surface area contributed by atoms with Gasteiger partial charge < -0.3 is 34.1 Å². The number of thiazole rings is 1. The molecule has 1 fully saturated rings. The summed E-state index contributed by atoms with van der Waals surface area (Å²) in [6, 6.07) is 6.19. The van der Waals surface area contributed by atoms with Gasteiger partial charge in [-0.3, -0.25) is 9.59 Å². The van der Waals surface area contributed by atoms with Crippen molar-refractivity contribution in [3.63, 3.8) is 0 Å². The Morgan fingerprint density at radius 1 is 1.24 bits per heavy atom. The van der Waals surface area contributed by atoms with Gasteiger partial charge in [-0.1, -0.05) is 26.0 Å². The number of β-amino-alcohol motifs (C(OH)–C–C–N with tert-alkyl or cyclic N) is 1. The molecule has 12 heteroatoms. The van der Waals surface area contributed by atoms with Gasteiger partial charge in [0.1, 0.15) is 24.3 Å². The smallest absolute Gasteiger partial charge is 0.254 e. The van der Waals surface area contributed by atoms with E-state index >= 15 is 0 Å². The van der Waals surface area contributed by atoms with Crippen LogP contribution in [0.3, 0.4) is 0 Å². The summed E-state index contributed by atoms with van der Waals surface area (Å²) in [6.07, 6.45) is -0.686. The number of benzene rings is 1. The van der Waals surface area contributed by atoms with Gasteiger partial charge in [0.15, 0.2) is 5.76 Å². The zero-order chi connectivity index (χ0) is 30.4. The molecule has 0 spiro atoms. The van der Waals surface area contributed by atoms with Gasteiger partial charge >= 0.3 is 0 Å². The predicted octanol–water partition coefficient (Wildman–Crippen LogP) is 4.11. The van der Waals surface area contributed by atoms with Gasteiger partial charge in [-0.05, 0) is 43.5 Å². The Bertz CT molecular complexity index is 1360. The lowest BCUT2D eigenvalue weighted by Crippen LogP contribution is -2.48. The number of aromatic nitrogens is 2. The topological polar surface area (TPSA) is 136 Å². The molecular weight excluding hydrogens is 560 g/mol. The molecule has 4 atom stereocenters. The molecule has 3 heterocycles. The number of aliphatic hydroxyl groups is 1. The van der Waals surface area contributed by atoms with Crippen LogP contribution in [-0.4, -0.2) is 77.6 Å². The van der Waals surface area contributed by atoms with Crippen molar-refractivity contribution in [1.29, 1.82) is 0 Å². The highest BCUT2D eigenvalue weighted by atomic mass is 32.1. The second-order valence-electron chi connectivity index (χ2n) is 10.7. The highest BCUT2D eigenvalue weighted by Gasteiger charge is 2.43. The van der Waals surface area contributed by atoms with Crippen molar-refractivity contribution in [3.05, 3.63) is 46.8 Å². The number of nitrogens with zero attached hydrogens (tertiary/aromatic N) is 3. The first-order valence-electron chi connectivity index (χ1n) is 14.2. The molecule has 1 aliphatic rings. The van der Waals surface area contributed by atoms with E-state index < -0.39 is 24.1 Å². The summed E-state index contributed by atoms with van der Waals surface area (Å²) in [6.45, 7) is 10.9. The van der Waals surface area contributed by atoms with Crippen LogP contribution >= 0.6 is 11.3 Å². The third kappa shape index (κ3) is 7.11. The van der Waals surface area contributed by atoms with E-state index in [1.165, 1.54) is 4.90 Å². The number of ether oxygens (including phenoxy) is 3. The Morgan fingerprint density at radius 2 is 2.02 bits per heavy atom. The Morgan fingerprint density at radius 3 is 2.69 bits per heavy atom. The molecule has 0 saturated carbocycles. The van der Waals surface area contributed by atoms with Crippen molar-refractivity contribution in [1.82, 2.24) is 20.4 Å². The molecule has 228 valence electrons. The van der Waals surface area contributed by atoms with Crippen LogP contribution in [0.15, 0.2) is 34.3 Å². The minimum atomic E-state index is -0.842. The Balaban J connectivity index is 1.48. The summed E-state index contributed by atoms with van der Waals surface area (Å²) >= 11 is 1.56. The molecular formula is C30H40N4O7S. The third-order valence-corrected chi connectivity index (χ3v) is 8.34. The average molecular weight is 601 g/mol. The fraction of sp³-hybridized carbons (Fsp3) is 0.533. The molecule has 1 aromatic carbocycles. The highest BCUT2D eigenvalue weighted by molar-refractivity contribution is 7.13. The van der Waals surface area contributed by atoms with Gasteiger partial charge in [0.05, 0.1) is 41.9 Å². The standard InChI is InChI=1S/C30H40N4O7S/c1-7-39-10-11-40-26-14-25(41-33-26)27(17(2)3)30(37)34-15-21(35)13-23(34)29(36)32-18(4)22-9-8-20(12-24(22)38-6)28-19(5)31-16-42-28/h8-9,12,14,16-18,21,23,27,35H,7,10-11,13,15H2,1-6H3,(H,32,36)/t18-,21+,23-,27-/m0/s1. The summed E-state index contributed by atoms with van der Waals surface area (Å²) in [4.78, 5) is 34.2. The van der Waals surface area contributed by atoms with Crippen molar-refractivity contribution in [2.24, 2.45) is 5.92 Å². The Hall–Kier alpha value is -3.48. The first-order chi connectivity index (χ1) is 20.1. The maximum atomic E-state index is 13.9.